The highest BCUT2D eigenvalue weighted by molar-refractivity contribution is 7.78. The summed E-state index contributed by atoms with van der Waals surface area (Å²) in [5.41, 5.74) is 0.458. The molecule has 2 aliphatic rings. The van der Waals surface area contributed by atoms with Crippen LogP contribution in [0.1, 0.15) is 95.5 Å². The van der Waals surface area contributed by atoms with Crippen LogP contribution in [-0.4, -0.2) is 5.16 Å². The maximum Gasteiger partial charge on any atom is 0.152 e. The first-order valence-electron chi connectivity index (χ1n) is 11.2. The summed E-state index contributed by atoms with van der Waals surface area (Å²) in [5, 5.41) is 2.05. The van der Waals surface area contributed by atoms with Gasteiger partial charge in [0.15, 0.2) is 11.6 Å². The summed E-state index contributed by atoms with van der Waals surface area (Å²) >= 11 is 4.47. The van der Waals surface area contributed by atoms with Gasteiger partial charge in [-0.3, -0.25) is 0 Å². The molecule has 28 heavy (non-hydrogen) atoms. The smallest absolute Gasteiger partial charge is 0.152 e. The van der Waals surface area contributed by atoms with E-state index in [1.54, 1.807) is 0 Å². The molecule has 2 saturated carbocycles. The molecule has 0 heterocycles. The second-order valence-corrected chi connectivity index (χ2v) is 9.11. The average molecular weight is 406 g/mol. The van der Waals surface area contributed by atoms with Crippen LogP contribution in [0, 0.1) is 29.4 Å². The summed E-state index contributed by atoms with van der Waals surface area (Å²) in [6.45, 7) is 2.28. The van der Waals surface area contributed by atoms with E-state index in [9.17, 15) is 8.78 Å². The Labute approximate surface area is 174 Å². The van der Waals surface area contributed by atoms with Crippen LogP contribution in [0.4, 0.5) is 14.5 Å². The maximum atomic E-state index is 14.1. The maximum absolute atomic E-state index is 14.1. The van der Waals surface area contributed by atoms with Crippen molar-refractivity contribution in [3.63, 3.8) is 0 Å². The van der Waals surface area contributed by atoms with E-state index >= 15 is 0 Å². The molecule has 0 aromatic heterocycles. The molecule has 3 rings (SSSR count). The predicted molar refractivity (Wildman–Crippen MR) is 115 cm³/mol. The highest BCUT2D eigenvalue weighted by Crippen LogP contribution is 2.45. The summed E-state index contributed by atoms with van der Waals surface area (Å²) in [4.78, 5) is 3.51. The van der Waals surface area contributed by atoms with Crippen molar-refractivity contribution in [1.82, 2.24) is 0 Å². The fourth-order valence-electron chi connectivity index (χ4n) is 5.53. The van der Waals surface area contributed by atoms with Crippen LogP contribution in [0.5, 0.6) is 0 Å². The monoisotopic (exact) mass is 405 g/mol. The largest absolute Gasteiger partial charge is 0.204 e. The number of benzene rings is 1. The first-order valence-corrected chi connectivity index (χ1v) is 11.6. The minimum atomic E-state index is -0.629. The van der Waals surface area contributed by atoms with E-state index in [2.05, 4.69) is 29.3 Å². The number of hydrogen-bond donors (Lipinski definition) is 0. The van der Waals surface area contributed by atoms with Gasteiger partial charge in [0.05, 0.1) is 5.16 Å². The van der Waals surface area contributed by atoms with E-state index in [-0.39, 0.29) is 11.6 Å². The number of hydrogen-bond acceptors (Lipinski definition) is 2. The zero-order valence-electron chi connectivity index (χ0n) is 17.1. The molecule has 1 aromatic carbocycles. The van der Waals surface area contributed by atoms with Gasteiger partial charge < -0.3 is 0 Å². The molecule has 0 unspecified atom stereocenters. The van der Waals surface area contributed by atoms with Crippen molar-refractivity contribution in [2.45, 2.75) is 89.9 Å². The SMILES string of the molecule is CCCCCC1CCC(C2CCC(c3cc(F)c(N=C=S)c(F)c3)CC2)CC1. The van der Waals surface area contributed by atoms with E-state index < -0.39 is 11.6 Å². The first-order chi connectivity index (χ1) is 13.6. The van der Waals surface area contributed by atoms with E-state index in [0.29, 0.717) is 0 Å². The third-order valence-corrected chi connectivity index (χ3v) is 7.31. The lowest BCUT2D eigenvalue weighted by Crippen LogP contribution is -2.25. The molecule has 154 valence electrons. The molecule has 0 aliphatic heterocycles. The van der Waals surface area contributed by atoms with Crippen LogP contribution >= 0.6 is 12.2 Å². The fraction of sp³-hybridized carbons (Fsp3) is 0.708. The Morgan fingerprint density at radius 3 is 2.04 bits per heavy atom. The summed E-state index contributed by atoms with van der Waals surface area (Å²) in [6, 6.07) is 2.89. The van der Waals surface area contributed by atoms with Gasteiger partial charge in [0, 0.05) is 0 Å². The van der Waals surface area contributed by atoms with E-state index in [4.69, 9.17) is 0 Å². The predicted octanol–water partition coefficient (Wildman–Crippen LogP) is 8.36. The molecule has 1 nitrogen and oxygen atoms in total. The van der Waals surface area contributed by atoms with Gasteiger partial charge in [-0.1, -0.05) is 45.4 Å². The molecular weight excluding hydrogens is 372 g/mol. The zero-order valence-corrected chi connectivity index (χ0v) is 17.9. The number of aliphatic imine (C=N–C) groups is 1. The molecular formula is C24H33F2NS. The van der Waals surface area contributed by atoms with Gasteiger partial charge in [0.2, 0.25) is 0 Å². The van der Waals surface area contributed by atoms with Crippen LogP contribution < -0.4 is 0 Å². The van der Waals surface area contributed by atoms with Gasteiger partial charge in [0.1, 0.15) is 5.69 Å². The molecule has 0 amide bonds. The van der Waals surface area contributed by atoms with Gasteiger partial charge in [0.25, 0.3) is 0 Å². The molecule has 0 spiro atoms. The average Bonchev–Trinajstić information content (AvgIpc) is 2.71. The molecule has 0 saturated heterocycles. The Balaban J connectivity index is 1.49. The van der Waals surface area contributed by atoms with Gasteiger partial charge in [-0.15, -0.1) is 0 Å². The van der Waals surface area contributed by atoms with Gasteiger partial charge in [-0.05, 0) is 92.1 Å². The Morgan fingerprint density at radius 2 is 1.50 bits per heavy atom. The normalized spacial score (nSPS) is 28.0. The molecule has 0 N–H and O–H groups in total. The van der Waals surface area contributed by atoms with Crippen molar-refractivity contribution in [3.05, 3.63) is 29.3 Å². The molecule has 2 fully saturated rings. The lowest BCUT2D eigenvalue weighted by atomic mass is 9.68. The summed E-state index contributed by atoms with van der Waals surface area (Å²) in [5.74, 6) is 1.64. The van der Waals surface area contributed by atoms with E-state index in [0.717, 1.165) is 36.2 Å². The highest BCUT2D eigenvalue weighted by atomic mass is 32.1. The van der Waals surface area contributed by atoms with E-state index in [1.165, 1.54) is 76.3 Å². The lowest BCUT2D eigenvalue weighted by Gasteiger charge is -2.38. The van der Waals surface area contributed by atoms with Crippen LogP contribution in [0.15, 0.2) is 17.1 Å². The van der Waals surface area contributed by atoms with Gasteiger partial charge in [-0.25, -0.2) is 8.78 Å². The van der Waals surface area contributed by atoms with Crippen LogP contribution in [-0.2, 0) is 0 Å². The molecule has 0 atom stereocenters. The fourth-order valence-corrected chi connectivity index (χ4v) is 5.62. The topological polar surface area (TPSA) is 12.4 Å². The quantitative estimate of drug-likeness (QED) is 0.252. The Morgan fingerprint density at radius 1 is 0.929 bits per heavy atom. The number of nitrogens with zero attached hydrogens (tertiary/aromatic N) is 1. The molecule has 2 aliphatic carbocycles. The van der Waals surface area contributed by atoms with Crippen molar-refractivity contribution in [1.29, 1.82) is 0 Å². The van der Waals surface area contributed by atoms with Gasteiger partial charge >= 0.3 is 0 Å². The molecule has 0 bridgehead atoms. The summed E-state index contributed by atoms with van der Waals surface area (Å²) in [7, 11) is 0. The standard InChI is InChI=1S/C24H33F2NS/c1-2-3-4-5-17-6-8-18(9-7-17)19-10-12-20(13-11-19)21-14-22(25)24(27-16-28)23(26)15-21/h14-15,17-20H,2-13H2,1H3. The first kappa shape index (κ1) is 21.6. The second kappa shape index (κ2) is 10.6. The van der Waals surface area contributed by atoms with Crippen LogP contribution in [0.3, 0.4) is 0 Å². The third kappa shape index (κ3) is 5.48. The molecule has 0 radical (unpaired) electrons. The summed E-state index contributed by atoms with van der Waals surface area (Å²) < 4.78 is 28.3. The number of unbranched alkanes of at least 4 members (excludes halogenated alkanes) is 2. The van der Waals surface area contributed by atoms with Crippen molar-refractivity contribution < 1.29 is 8.78 Å². The third-order valence-electron chi connectivity index (χ3n) is 7.21. The number of halogens is 2. The van der Waals surface area contributed by atoms with Gasteiger partial charge in [-0.2, -0.15) is 4.99 Å². The number of isothiocyanates is 1. The van der Waals surface area contributed by atoms with Crippen molar-refractivity contribution in [2.75, 3.05) is 0 Å². The van der Waals surface area contributed by atoms with Crippen molar-refractivity contribution >= 4 is 23.1 Å². The zero-order chi connectivity index (χ0) is 19.9. The minimum absolute atomic E-state index is 0.260. The van der Waals surface area contributed by atoms with Crippen LogP contribution in [0.25, 0.3) is 0 Å². The molecule has 1 aromatic rings. The molecule has 4 heteroatoms. The second-order valence-electron chi connectivity index (χ2n) is 8.92. The lowest BCUT2D eigenvalue weighted by molar-refractivity contribution is 0.155. The Kier molecular flexibility index (Phi) is 8.17. The summed E-state index contributed by atoms with van der Waals surface area (Å²) in [6.07, 6.45) is 15.6. The Hall–Kier alpha value is -1.12. The number of rotatable bonds is 7. The van der Waals surface area contributed by atoms with Crippen molar-refractivity contribution in [3.8, 4) is 0 Å². The van der Waals surface area contributed by atoms with Crippen LogP contribution in [0.2, 0.25) is 0 Å². The highest BCUT2D eigenvalue weighted by Gasteiger charge is 2.31. The van der Waals surface area contributed by atoms with Crippen molar-refractivity contribution in [2.24, 2.45) is 22.7 Å². The minimum Gasteiger partial charge on any atom is -0.204 e. The Bertz CT molecular complexity index is 659. The number of thiocarbonyl (C=S) groups is 1. The van der Waals surface area contributed by atoms with E-state index in [1.807, 2.05) is 0 Å².